The van der Waals surface area contributed by atoms with Crippen LogP contribution >= 0.6 is 0 Å². The number of carbonyl (C=O) groups is 3. The van der Waals surface area contributed by atoms with Crippen molar-refractivity contribution < 1.29 is 28.4 Å². The maximum absolute atomic E-state index is 13.4. The number of benzene rings is 2. The summed E-state index contributed by atoms with van der Waals surface area (Å²) in [6, 6.07) is 8.21. The predicted molar refractivity (Wildman–Crippen MR) is 118 cm³/mol. The lowest BCUT2D eigenvalue weighted by molar-refractivity contribution is -0.130. The van der Waals surface area contributed by atoms with Crippen molar-refractivity contribution in [1.29, 1.82) is 0 Å². The second kappa shape index (κ2) is 10.5. The molecule has 35 heavy (non-hydrogen) atoms. The van der Waals surface area contributed by atoms with Crippen molar-refractivity contribution in [2.24, 2.45) is 0 Å². The van der Waals surface area contributed by atoms with Gasteiger partial charge in [-0.25, -0.2) is 18.9 Å². The molecule has 2 amide bonds. The number of fused-ring (bicyclic) bond motifs is 1. The van der Waals surface area contributed by atoms with Gasteiger partial charge in [0.1, 0.15) is 11.5 Å². The van der Waals surface area contributed by atoms with Crippen LogP contribution in [-0.4, -0.2) is 37.8 Å². The fourth-order valence-corrected chi connectivity index (χ4v) is 4.06. The third-order valence-electron chi connectivity index (χ3n) is 5.89. The zero-order chi connectivity index (χ0) is 24.9. The molecule has 0 aliphatic heterocycles. The number of nitrogens with one attached hydrogen (secondary N) is 2. The first-order chi connectivity index (χ1) is 16.8. The first kappa shape index (κ1) is 24.1. The maximum atomic E-state index is 13.4. The summed E-state index contributed by atoms with van der Waals surface area (Å²) in [6.07, 6.45) is 3.52. The van der Waals surface area contributed by atoms with E-state index in [1.807, 2.05) is 18.2 Å². The molecule has 4 rings (SSSR count). The molecule has 0 fully saturated rings. The SMILES string of the molecule is O=C1CCc2cc(C[C@H](CC(=O)NO)n3cc(CNC(=O)c4ccc(F)c(F)c4)nn3)ccc2C1. The van der Waals surface area contributed by atoms with Crippen LogP contribution in [0.1, 0.15) is 51.6 Å². The van der Waals surface area contributed by atoms with E-state index in [1.165, 1.54) is 10.7 Å². The molecule has 3 N–H and O–H groups in total. The largest absolute Gasteiger partial charge is 0.346 e. The van der Waals surface area contributed by atoms with Gasteiger partial charge >= 0.3 is 0 Å². The highest BCUT2D eigenvalue weighted by Crippen LogP contribution is 2.24. The Kier molecular flexibility index (Phi) is 7.25. The summed E-state index contributed by atoms with van der Waals surface area (Å²) >= 11 is 0. The molecule has 1 aromatic heterocycles. The van der Waals surface area contributed by atoms with Gasteiger partial charge in [-0.15, -0.1) is 5.10 Å². The number of aromatic nitrogens is 3. The Hall–Kier alpha value is -3.99. The van der Waals surface area contributed by atoms with Crippen LogP contribution in [0, 0.1) is 11.6 Å². The van der Waals surface area contributed by atoms with Gasteiger partial charge in [0.05, 0.1) is 25.2 Å². The van der Waals surface area contributed by atoms with Crippen molar-refractivity contribution in [3.63, 3.8) is 0 Å². The Balaban J connectivity index is 1.45. The van der Waals surface area contributed by atoms with E-state index in [0.29, 0.717) is 31.4 Å². The average Bonchev–Trinajstić information content (AvgIpc) is 3.33. The van der Waals surface area contributed by atoms with Crippen molar-refractivity contribution in [2.45, 2.75) is 44.7 Å². The Morgan fingerprint density at radius 2 is 1.91 bits per heavy atom. The van der Waals surface area contributed by atoms with Crippen LogP contribution in [-0.2, 0) is 35.4 Å². The molecular formula is C24H23F2N5O4. The number of nitrogens with zero attached hydrogens (tertiary/aromatic N) is 3. The number of halogens is 2. The minimum absolute atomic E-state index is 0.0242. The fourth-order valence-electron chi connectivity index (χ4n) is 4.06. The van der Waals surface area contributed by atoms with Crippen LogP contribution in [0.2, 0.25) is 0 Å². The Bertz CT molecular complexity index is 1280. The molecular weight excluding hydrogens is 460 g/mol. The van der Waals surface area contributed by atoms with Crippen LogP contribution in [0.5, 0.6) is 0 Å². The second-order valence-corrected chi connectivity index (χ2v) is 8.42. The molecule has 0 unspecified atom stereocenters. The summed E-state index contributed by atoms with van der Waals surface area (Å²) < 4.78 is 27.9. The summed E-state index contributed by atoms with van der Waals surface area (Å²) in [6.45, 7) is -0.0242. The summed E-state index contributed by atoms with van der Waals surface area (Å²) in [5, 5.41) is 19.7. The average molecular weight is 483 g/mol. The lowest BCUT2D eigenvalue weighted by Gasteiger charge is -2.19. The number of hydroxylamine groups is 1. The van der Waals surface area contributed by atoms with Gasteiger partial charge in [0.2, 0.25) is 5.91 Å². The number of rotatable bonds is 8. The van der Waals surface area contributed by atoms with Gasteiger partial charge in [0.15, 0.2) is 11.6 Å². The molecule has 1 heterocycles. The van der Waals surface area contributed by atoms with Crippen LogP contribution in [0.15, 0.2) is 42.6 Å². The van der Waals surface area contributed by atoms with Crippen molar-refractivity contribution in [1.82, 2.24) is 25.8 Å². The van der Waals surface area contributed by atoms with E-state index in [1.54, 1.807) is 11.7 Å². The lowest BCUT2D eigenvalue weighted by atomic mass is 9.88. The van der Waals surface area contributed by atoms with Crippen LogP contribution in [0.4, 0.5) is 8.78 Å². The molecule has 1 aliphatic rings. The van der Waals surface area contributed by atoms with Crippen molar-refractivity contribution in [2.75, 3.05) is 0 Å². The number of Topliss-reactive ketones (excluding diaryl/α,β-unsaturated/α-hetero) is 1. The molecule has 3 aromatic rings. The number of hydrogen-bond acceptors (Lipinski definition) is 6. The maximum Gasteiger partial charge on any atom is 0.251 e. The topological polar surface area (TPSA) is 126 Å². The van der Waals surface area contributed by atoms with E-state index in [9.17, 15) is 23.2 Å². The Morgan fingerprint density at radius 1 is 1.09 bits per heavy atom. The molecule has 0 radical (unpaired) electrons. The minimum Gasteiger partial charge on any atom is -0.346 e. The summed E-state index contributed by atoms with van der Waals surface area (Å²) in [7, 11) is 0. The van der Waals surface area contributed by atoms with E-state index >= 15 is 0 Å². The number of amides is 2. The van der Waals surface area contributed by atoms with E-state index in [2.05, 4.69) is 15.6 Å². The third-order valence-corrected chi connectivity index (χ3v) is 5.89. The molecule has 9 nitrogen and oxygen atoms in total. The molecule has 0 bridgehead atoms. The monoisotopic (exact) mass is 483 g/mol. The van der Waals surface area contributed by atoms with Gasteiger partial charge in [-0.1, -0.05) is 23.4 Å². The number of aryl methyl sites for hydroxylation is 1. The highest BCUT2D eigenvalue weighted by molar-refractivity contribution is 5.94. The molecule has 0 spiro atoms. The fraction of sp³-hybridized carbons (Fsp3) is 0.292. The number of carbonyl (C=O) groups excluding carboxylic acids is 3. The quantitative estimate of drug-likeness (QED) is 0.333. The van der Waals surface area contributed by atoms with Crippen molar-refractivity contribution in [3.8, 4) is 0 Å². The smallest absolute Gasteiger partial charge is 0.251 e. The van der Waals surface area contributed by atoms with E-state index < -0.39 is 29.5 Å². The van der Waals surface area contributed by atoms with Gasteiger partial charge < -0.3 is 5.32 Å². The van der Waals surface area contributed by atoms with Crippen LogP contribution < -0.4 is 10.8 Å². The van der Waals surface area contributed by atoms with Gasteiger partial charge in [0, 0.05) is 18.4 Å². The van der Waals surface area contributed by atoms with Gasteiger partial charge in [-0.2, -0.15) is 0 Å². The van der Waals surface area contributed by atoms with Crippen LogP contribution in [0.25, 0.3) is 0 Å². The van der Waals surface area contributed by atoms with Crippen molar-refractivity contribution in [3.05, 3.63) is 82.2 Å². The van der Waals surface area contributed by atoms with Gasteiger partial charge in [0.25, 0.3) is 5.91 Å². The molecule has 182 valence electrons. The zero-order valence-corrected chi connectivity index (χ0v) is 18.6. The van der Waals surface area contributed by atoms with Gasteiger partial charge in [-0.3, -0.25) is 19.6 Å². The molecule has 0 saturated heterocycles. The zero-order valence-electron chi connectivity index (χ0n) is 18.6. The summed E-state index contributed by atoms with van der Waals surface area (Å²) in [4.78, 5) is 35.8. The Morgan fingerprint density at radius 3 is 2.69 bits per heavy atom. The molecule has 1 aliphatic carbocycles. The third kappa shape index (κ3) is 5.93. The first-order valence-corrected chi connectivity index (χ1v) is 11.0. The second-order valence-electron chi connectivity index (χ2n) is 8.42. The van der Waals surface area contributed by atoms with E-state index in [-0.39, 0.29) is 24.3 Å². The summed E-state index contributed by atoms with van der Waals surface area (Å²) in [5.41, 5.74) is 5.03. The standard InChI is InChI=1S/C24H23F2N5O4/c25-21-6-4-17(10-22(21)26)24(34)27-12-18-13-31(30-28-18)19(11-23(33)29-35)8-14-1-2-16-9-20(32)5-3-15(16)7-14/h1-2,4,6-7,10,13,19,35H,3,5,8-9,11-12H2,(H,27,34)(H,29,33)/t19-/m1/s1. The minimum atomic E-state index is -1.12. The predicted octanol–water partition coefficient (Wildman–Crippen LogP) is 2.22. The Labute approximate surface area is 199 Å². The van der Waals surface area contributed by atoms with Crippen LogP contribution in [0.3, 0.4) is 0 Å². The molecule has 1 atom stereocenters. The highest BCUT2D eigenvalue weighted by atomic mass is 19.2. The summed E-state index contributed by atoms with van der Waals surface area (Å²) in [5.74, 6) is -3.16. The highest BCUT2D eigenvalue weighted by Gasteiger charge is 2.21. The first-order valence-electron chi connectivity index (χ1n) is 11.0. The molecule has 11 heteroatoms. The van der Waals surface area contributed by atoms with Gasteiger partial charge in [-0.05, 0) is 47.7 Å². The molecule has 0 saturated carbocycles. The number of hydrogen-bond donors (Lipinski definition) is 3. The normalized spacial score (nSPS) is 13.7. The lowest BCUT2D eigenvalue weighted by Crippen LogP contribution is -2.25. The van der Waals surface area contributed by atoms with E-state index in [4.69, 9.17) is 5.21 Å². The number of ketones is 1. The molecule has 2 aromatic carbocycles. The van der Waals surface area contributed by atoms with E-state index in [0.717, 1.165) is 28.8 Å². The van der Waals surface area contributed by atoms with Crippen molar-refractivity contribution >= 4 is 17.6 Å².